The molecule has 2 atom stereocenters. The molecule has 1 aliphatic rings. The van der Waals surface area contributed by atoms with Crippen molar-refractivity contribution in [2.75, 3.05) is 20.2 Å². The lowest BCUT2D eigenvalue weighted by atomic mass is 9.90. The number of ketones is 1. The van der Waals surface area contributed by atoms with Crippen molar-refractivity contribution in [3.63, 3.8) is 0 Å². The zero-order valence-electron chi connectivity index (χ0n) is 10.7. The topological polar surface area (TPSA) is 38.3 Å². The van der Waals surface area contributed by atoms with Crippen molar-refractivity contribution in [2.24, 2.45) is 11.8 Å². The fourth-order valence-electron chi connectivity index (χ4n) is 2.45. The van der Waals surface area contributed by atoms with Gasteiger partial charge < -0.3 is 10.1 Å². The Hall–Kier alpha value is -1.06. The summed E-state index contributed by atoms with van der Waals surface area (Å²) >= 11 is 5.97. The summed E-state index contributed by atoms with van der Waals surface area (Å²) in [4.78, 5) is 12.3. The van der Waals surface area contributed by atoms with Crippen LogP contribution in [0.2, 0.25) is 5.02 Å². The van der Waals surface area contributed by atoms with Gasteiger partial charge in [-0.15, -0.1) is 0 Å². The molecule has 0 saturated carbocycles. The van der Waals surface area contributed by atoms with E-state index in [4.69, 9.17) is 16.3 Å². The molecule has 0 spiro atoms. The number of nitrogens with one attached hydrogen (secondary N) is 1. The Kier molecular flexibility index (Phi) is 4.25. The summed E-state index contributed by atoms with van der Waals surface area (Å²) in [6, 6.07) is 5.39. The van der Waals surface area contributed by atoms with Gasteiger partial charge in [-0.2, -0.15) is 0 Å². The highest BCUT2D eigenvalue weighted by molar-refractivity contribution is 6.30. The highest BCUT2D eigenvalue weighted by Gasteiger charge is 2.29. The molecule has 0 radical (unpaired) electrons. The van der Waals surface area contributed by atoms with E-state index in [2.05, 4.69) is 12.2 Å². The largest absolute Gasteiger partial charge is 0.496 e. The van der Waals surface area contributed by atoms with E-state index >= 15 is 0 Å². The Morgan fingerprint density at radius 1 is 1.50 bits per heavy atom. The Balaban J connectivity index is 2.13. The number of methoxy groups -OCH3 is 1. The monoisotopic (exact) mass is 267 g/mol. The second-order valence-electron chi connectivity index (χ2n) is 4.84. The predicted molar refractivity (Wildman–Crippen MR) is 72.2 cm³/mol. The van der Waals surface area contributed by atoms with Gasteiger partial charge in [-0.1, -0.05) is 18.5 Å². The van der Waals surface area contributed by atoms with Crippen molar-refractivity contribution in [1.82, 2.24) is 5.32 Å². The smallest absolute Gasteiger partial charge is 0.142 e. The number of benzene rings is 1. The normalized spacial score (nSPS) is 23.1. The van der Waals surface area contributed by atoms with Crippen molar-refractivity contribution in [2.45, 2.75) is 13.3 Å². The van der Waals surface area contributed by atoms with Crippen molar-refractivity contribution in [3.8, 4) is 5.75 Å². The predicted octanol–water partition coefficient (Wildman–Crippen LogP) is 2.32. The molecule has 3 nitrogen and oxygen atoms in total. The van der Waals surface area contributed by atoms with E-state index in [9.17, 15) is 4.79 Å². The first-order valence-corrected chi connectivity index (χ1v) is 6.55. The Morgan fingerprint density at radius 3 is 2.89 bits per heavy atom. The van der Waals surface area contributed by atoms with Crippen LogP contribution < -0.4 is 10.1 Å². The minimum absolute atomic E-state index is 0.105. The molecule has 2 unspecified atom stereocenters. The van der Waals surface area contributed by atoms with Crippen molar-refractivity contribution < 1.29 is 9.53 Å². The quantitative estimate of drug-likeness (QED) is 0.910. The Bertz CT molecular complexity index is 447. The molecule has 1 aromatic carbocycles. The molecular weight excluding hydrogens is 250 g/mol. The van der Waals surface area contributed by atoms with Gasteiger partial charge in [-0.3, -0.25) is 4.79 Å². The zero-order chi connectivity index (χ0) is 13.1. The first-order valence-electron chi connectivity index (χ1n) is 6.17. The van der Waals surface area contributed by atoms with E-state index in [1.165, 1.54) is 0 Å². The fourth-order valence-corrected chi connectivity index (χ4v) is 2.64. The van der Waals surface area contributed by atoms with E-state index in [-0.39, 0.29) is 11.7 Å². The summed E-state index contributed by atoms with van der Waals surface area (Å²) in [6.07, 6.45) is 0.389. The lowest BCUT2D eigenvalue weighted by molar-refractivity contribution is -0.122. The van der Waals surface area contributed by atoms with Crippen LogP contribution in [0.4, 0.5) is 0 Å². The molecule has 98 valence electrons. The first-order chi connectivity index (χ1) is 8.61. The minimum Gasteiger partial charge on any atom is -0.496 e. The number of hydrogen-bond acceptors (Lipinski definition) is 3. The van der Waals surface area contributed by atoms with E-state index in [1.54, 1.807) is 19.2 Å². The molecular formula is C14H18ClNO2. The Labute approximate surface area is 112 Å². The summed E-state index contributed by atoms with van der Waals surface area (Å²) in [7, 11) is 1.61. The maximum atomic E-state index is 12.3. The highest BCUT2D eigenvalue weighted by Crippen LogP contribution is 2.26. The molecule has 1 aromatic rings. The Morgan fingerprint density at radius 2 is 2.28 bits per heavy atom. The molecule has 1 fully saturated rings. The first kappa shape index (κ1) is 13.4. The molecule has 1 N–H and O–H groups in total. The van der Waals surface area contributed by atoms with Gasteiger partial charge in [0.2, 0.25) is 0 Å². The second-order valence-corrected chi connectivity index (χ2v) is 5.28. The van der Waals surface area contributed by atoms with Crippen LogP contribution in [-0.4, -0.2) is 26.0 Å². The van der Waals surface area contributed by atoms with Crippen LogP contribution in [-0.2, 0) is 11.2 Å². The van der Waals surface area contributed by atoms with Gasteiger partial charge >= 0.3 is 0 Å². The van der Waals surface area contributed by atoms with Crippen LogP contribution in [0.3, 0.4) is 0 Å². The molecule has 1 heterocycles. The molecule has 2 rings (SSSR count). The van der Waals surface area contributed by atoms with Crippen LogP contribution in [0, 0.1) is 11.8 Å². The maximum absolute atomic E-state index is 12.3. The third-order valence-electron chi connectivity index (χ3n) is 3.54. The standard InChI is InChI=1S/C14H18ClNO2/c1-9-7-16-8-12(9)13(17)6-10-5-11(15)3-4-14(10)18-2/h3-5,9,12,16H,6-8H2,1-2H3. The second kappa shape index (κ2) is 5.72. The van der Waals surface area contributed by atoms with Gasteiger partial charge in [0.25, 0.3) is 0 Å². The zero-order valence-corrected chi connectivity index (χ0v) is 11.5. The summed E-state index contributed by atoms with van der Waals surface area (Å²) in [5, 5.41) is 3.89. The number of ether oxygens (including phenoxy) is 1. The molecule has 0 aliphatic carbocycles. The number of carbonyl (C=O) groups excluding carboxylic acids is 1. The number of carbonyl (C=O) groups is 1. The van der Waals surface area contributed by atoms with E-state index in [1.807, 2.05) is 6.07 Å². The van der Waals surface area contributed by atoms with E-state index in [0.717, 1.165) is 24.4 Å². The number of rotatable bonds is 4. The van der Waals surface area contributed by atoms with Gasteiger partial charge in [0.05, 0.1) is 7.11 Å². The highest BCUT2D eigenvalue weighted by atomic mass is 35.5. The third-order valence-corrected chi connectivity index (χ3v) is 3.77. The molecule has 4 heteroatoms. The van der Waals surface area contributed by atoms with E-state index < -0.39 is 0 Å². The van der Waals surface area contributed by atoms with Gasteiger partial charge in [-0.25, -0.2) is 0 Å². The summed E-state index contributed by atoms with van der Waals surface area (Å²) in [5.74, 6) is 1.50. The molecule has 1 saturated heterocycles. The van der Waals surface area contributed by atoms with Crippen molar-refractivity contribution in [1.29, 1.82) is 0 Å². The molecule has 0 amide bonds. The number of Topliss-reactive ketones (excluding diaryl/α,β-unsaturated/α-hetero) is 1. The third kappa shape index (κ3) is 2.85. The van der Waals surface area contributed by atoms with Gasteiger partial charge in [0.1, 0.15) is 11.5 Å². The fraction of sp³-hybridized carbons (Fsp3) is 0.500. The summed E-state index contributed by atoms with van der Waals surface area (Å²) in [6.45, 7) is 3.81. The van der Waals surface area contributed by atoms with Gasteiger partial charge in [0.15, 0.2) is 0 Å². The maximum Gasteiger partial charge on any atom is 0.142 e. The number of hydrogen-bond donors (Lipinski definition) is 1. The molecule has 0 bridgehead atoms. The molecule has 18 heavy (non-hydrogen) atoms. The van der Waals surface area contributed by atoms with Crippen molar-refractivity contribution >= 4 is 17.4 Å². The lowest BCUT2D eigenvalue weighted by Crippen LogP contribution is -2.23. The summed E-state index contributed by atoms with van der Waals surface area (Å²) < 4.78 is 5.26. The van der Waals surface area contributed by atoms with E-state index in [0.29, 0.717) is 17.4 Å². The summed E-state index contributed by atoms with van der Waals surface area (Å²) in [5.41, 5.74) is 0.870. The molecule has 1 aliphatic heterocycles. The molecule has 0 aromatic heterocycles. The average Bonchev–Trinajstić information content (AvgIpc) is 2.76. The van der Waals surface area contributed by atoms with Crippen LogP contribution in [0.1, 0.15) is 12.5 Å². The van der Waals surface area contributed by atoms with Gasteiger partial charge in [-0.05, 0) is 30.7 Å². The van der Waals surface area contributed by atoms with Crippen LogP contribution in [0.15, 0.2) is 18.2 Å². The average molecular weight is 268 g/mol. The lowest BCUT2D eigenvalue weighted by Gasteiger charge is -2.14. The number of halogens is 1. The van der Waals surface area contributed by atoms with Crippen LogP contribution in [0.25, 0.3) is 0 Å². The minimum atomic E-state index is 0.105. The van der Waals surface area contributed by atoms with Crippen LogP contribution >= 0.6 is 11.6 Å². The SMILES string of the molecule is COc1ccc(Cl)cc1CC(=O)C1CNCC1C. The van der Waals surface area contributed by atoms with Crippen molar-refractivity contribution in [3.05, 3.63) is 28.8 Å². The van der Waals surface area contributed by atoms with Crippen LogP contribution in [0.5, 0.6) is 5.75 Å². The van der Waals surface area contributed by atoms with Gasteiger partial charge in [0, 0.05) is 29.5 Å².